The van der Waals surface area contributed by atoms with Crippen LogP contribution in [0, 0.1) is 0 Å². The normalized spacial score (nSPS) is 11.1. The van der Waals surface area contributed by atoms with Gasteiger partial charge in [-0.25, -0.2) is 4.79 Å². The maximum atomic E-state index is 12.9. The number of carbonyl (C=O) groups excluding carboxylic acids is 2. The molecule has 0 saturated carbocycles. The first-order chi connectivity index (χ1) is 15.3. The van der Waals surface area contributed by atoms with Gasteiger partial charge in [0.05, 0.1) is 24.2 Å². The van der Waals surface area contributed by atoms with Crippen LogP contribution in [0.25, 0.3) is 11.1 Å². The summed E-state index contributed by atoms with van der Waals surface area (Å²) in [5, 5.41) is 0. The van der Waals surface area contributed by atoms with Crippen LogP contribution < -0.4 is 0 Å². The Labute approximate surface area is 183 Å². The van der Waals surface area contributed by atoms with Crippen LogP contribution in [0.4, 0.5) is 13.2 Å². The van der Waals surface area contributed by atoms with E-state index in [1.54, 1.807) is 19.1 Å². The Bertz CT molecular complexity index is 1070. The third-order valence-corrected chi connectivity index (χ3v) is 4.69. The van der Waals surface area contributed by atoms with Crippen molar-refractivity contribution < 1.29 is 32.2 Å². The minimum absolute atomic E-state index is 0.0270. The van der Waals surface area contributed by atoms with Gasteiger partial charge in [-0.1, -0.05) is 48.5 Å². The molecule has 0 unspecified atom stereocenters. The molecular weight excluding hydrogens is 421 g/mol. The number of ether oxygens (including phenoxy) is 2. The van der Waals surface area contributed by atoms with Crippen molar-refractivity contribution in [3.63, 3.8) is 0 Å². The van der Waals surface area contributed by atoms with Crippen LogP contribution in [0.3, 0.4) is 0 Å². The van der Waals surface area contributed by atoms with E-state index in [0.717, 1.165) is 17.7 Å². The molecule has 166 valence electrons. The van der Waals surface area contributed by atoms with Gasteiger partial charge in [0.25, 0.3) is 0 Å². The molecule has 3 rings (SSSR count). The van der Waals surface area contributed by atoms with Gasteiger partial charge in [-0.3, -0.25) is 4.79 Å². The first kappa shape index (κ1) is 23.1. The second kappa shape index (κ2) is 10.1. The lowest BCUT2D eigenvalue weighted by Crippen LogP contribution is -2.10. The number of benzene rings is 3. The maximum Gasteiger partial charge on any atom is 0.416 e. The van der Waals surface area contributed by atoms with E-state index in [-0.39, 0.29) is 25.2 Å². The third-order valence-electron chi connectivity index (χ3n) is 4.69. The number of hydrogen-bond acceptors (Lipinski definition) is 4. The fraction of sp³-hybridized carbons (Fsp3) is 0.200. The van der Waals surface area contributed by atoms with E-state index in [1.165, 1.54) is 18.2 Å². The van der Waals surface area contributed by atoms with Crippen molar-refractivity contribution in [1.82, 2.24) is 0 Å². The average Bonchev–Trinajstić information content (AvgIpc) is 2.78. The first-order valence-corrected chi connectivity index (χ1v) is 9.95. The molecule has 0 N–H and O–H groups in total. The fourth-order valence-corrected chi connectivity index (χ4v) is 3.14. The summed E-state index contributed by atoms with van der Waals surface area (Å²) in [5.74, 6) is -1.06. The average molecular weight is 442 g/mol. The van der Waals surface area contributed by atoms with Crippen molar-refractivity contribution in [3.8, 4) is 11.1 Å². The Morgan fingerprint density at radius 2 is 1.53 bits per heavy atom. The van der Waals surface area contributed by atoms with Crippen molar-refractivity contribution in [3.05, 3.63) is 95.1 Å². The first-order valence-electron chi connectivity index (χ1n) is 9.95. The second-order valence-electron chi connectivity index (χ2n) is 7.00. The Hall–Kier alpha value is -3.61. The summed E-state index contributed by atoms with van der Waals surface area (Å²) in [5.41, 5.74) is 1.54. The van der Waals surface area contributed by atoms with Gasteiger partial charge in [0, 0.05) is 0 Å². The maximum absolute atomic E-state index is 12.9. The van der Waals surface area contributed by atoms with Crippen LogP contribution in [0.1, 0.15) is 34.0 Å². The van der Waals surface area contributed by atoms with Crippen LogP contribution in [-0.2, 0) is 33.5 Å². The summed E-state index contributed by atoms with van der Waals surface area (Å²) in [6, 6.07) is 18.3. The molecule has 0 aliphatic rings. The summed E-state index contributed by atoms with van der Waals surface area (Å²) in [6.07, 6.45) is -4.50. The topological polar surface area (TPSA) is 52.6 Å². The van der Waals surface area contributed by atoms with Crippen LogP contribution in [0.2, 0.25) is 0 Å². The number of carbonyl (C=O) groups is 2. The molecular formula is C25H21F3O4. The highest BCUT2D eigenvalue weighted by Gasteiger charge is 2.30. The molecule has 0 heterocycles. The smallest absolute Gasteiger partial charge is 0.416 e. The minimum atomic E-state index is -4.47. The number of halogens is 3. The highest BCUT2D eigenvalue weighted by molar-refractivity contribution is 5.97. The SMILES string of the molecule is CCOC(=O)Cc1ccc(C(=O)OCc2ccccc2)c(-c2ccc(C(F)(F)F)cc2)c1. The lowest BCUT2D eigenvalue weighted by Gasteiger charge is -2.13. The van der Waals surface area contributed by atoms with Gasteiger partial charge in [-0.15, -0.1) is 0 Å². The summed E-state index contributed by atoms with van der Waals surface area (Å²) in [4.78, 5) is 24.6. The van der Waals surface area contributed by atoms with E-state index in [1.807, 2.05) is 30.3 Å². The molecule has 0 spiro atoms. The van der Waals surface area contributed by atoms with Crippen molar-refractivity contribution in [2.24, 2.45) is 0 Å². The molecule has 3 aromatic rings. The van der Waals surface area contributed by atoms with Crippen molar-refractivity contribution >= 4 is 11.9 Å². The van der Waals surface area contributed by atoms with Gasteiger partial charge >= 0.3 is 18.1 Å². The van der Waals surface area contributed by atoms with Crippen LogP contribution in [0.5, 0.6) is 0 Å². The number of alkyl halides is 3. The molecule has 0 atom stereocenters. The van der Waals surface area contributed by atoms with Crippen molar-refractivity contribution in [2.75, 3.05) is 6.61 Å². The standard InChI is InChI=1S/C25H21F3O4/c1-2-31-23(29)15-18-8-13-21(24(30)32-16-17-6-4-3-5-7-17)22(14-18)19-9-11-20(12-10-19)25(26,27)28/h3-14H,2,15-16H2,1H3. The molecule has 0 aliphatic heterocycles. The van der Waals surface area contributed by atoms with Crippen LogP contribution >= 0.6 is 0 Å². The molecule has 0 aliphatic carbocycles. The Morgan fingerprint density at radius 3 is 2.16 bits per heavy atom. The van der Waals surface area contributed by atoms with Gasteiger partial charge in [-0.2, -0.15) is 13.2 Å². The molecule has 0 amide bonds. The zero-order chi connectivity index (χ0) is 23.1. The number of hydrogen-bond donors (Lipinski definition) is 0. The predicted octanol–water partition coefficient (Wildman–Crippen LogP) is 5.84. The van der Waals surface area contributed by atoms with Gasteiger partial charge in [0.1, 0.15) is 6.61 Å². The second-order valence-corrected chi connectivity index (χ2v) is 7.00. The molecule has 32 heavy (non-hydrogen) atoms. The molecule has 7 heteroatoms. The van der Waals surface area contributed by atoms with E-state index in [2.05, 4.69) is 0 Å². The van der Waals surface area contributed by atoms with E-state index >= 15 is 0 Å². The minimum Gasteiger partial charge on any atom is -0.466 e. The van der Waals surface area contributed by atoms with E-state index in [4.69, 9.17) is 9.47 Å². The summed E-state index contributed by atoms with van der Waals surface area (Å²) < 4.78 is 49.2. The Morgan fingerprint density at radius 1 is 0.844 bits per heavy atom. The van der Waals surface area contributed by atoms with E-state index < -0.39 is 23.7 Å². The number of rotatable bonds is 7. The van der Waals surface area contributed by atoms with Crippen LogP contribution in [0.15, 0.2) is 72.8 Å². The van der Waals surface area contributed by atoms with Gasteiger partial charge in [0.15, 0.2) is 0 Å². The van der Waals surface area contributed by atoms with Gasteiger partial charge in [0.2, 0.25) is 0 Å². The van der Waals surface area contributed by atoms with Crippen LogP contribution in [-0.4, -0.2) is 18.5 Å². The molecule has 4 nitrogen and oxygen atoms in total. The lowest BCUT2D eigenvalue weighted by molar-refractivity contribution is -0.142. The largest absolute Gasteiger partial charge is 0.466 e. The molecule has 0 bridgehead atoms. The summed E-state index contributed by atoms with van der Waals surface area (Å²) in [7, 11) is 0. The zero-order valence-corrected chi connectivity index (χ0v) is 17.3. The molecule has 3 aromatic carbocycles. The predicted molar refractivity (Wildman–Crippen MR) is 113 cm³/mol. The van der Waals surface area contributed by atoms with E-state index in [0.29, 0.717) is 16.7 Å². The molecule has 0 saturated heterocycles. The molecule has 0 aromatic heterocycles. The highest BCUT2D eigenvalue weighted by Crippen LogP contribution is 2.32. The highest BCUT2D eigenvalue weighted by atomic mass is 19.4. The van der Waals surface area contributed by atoms with Gasteiger partial charge < -0.3 is 9.47 Å². The molecule has 0 fully saturated rings. The third kappa shape index (κ3) is 5.97. The van der Waals surface area contributed by atoms with E-state index in [9.17, 15) is 22.8 Å². The van der Waals surface area contributed by atoms with Crippen molar-refractivity contribution in [2.45, 2.75) is 26.1 Å². The monoisotopic (exact) mass is 442 g/mol. The quantitative estimate of drug-likeness (QED) is 0.432. The Balaban J connectivity index is 1.92. The van der Waals surface area contributed by atoms with Gasteiger partial charge in [-0.05, 0) is 53.4 Å². The summed E-state index contributed by atoms with van der Waals surface area (Å²) in [6.45, 7) is 1.97. The zero-order valence-electron chi connectivity index (χ0n) is 17.3. The Kier molecular flexibility index (Phi) is 7.30. The van der Waals surface area contributed by atoms with Crippen molar-refractivity contribution in [1.29, 1.82) is 0 Å². The summed E-state index contributed by atoms with van der Waals surface area (Å²) >= 11 is 0. The number of esters is 2. The molecule has 0 radical (unpaired) electrons. The fourth-order valence-electron chi connectivity index (χ4n) is 3.14. The lowest BCUT2D eigenvalue weighted by atomic mass is 9.95.